The zero-order chi connectivity index (χ0) is 18.6. The van der Waals surface area contributed by atoms with Crippen molar-refractivity contribution in [3.63, 3.8) is 0 Å². The third-order valence-electron chi connectivity index (χ3n) is 9.30. The number of ether oxygens (including phenoxy) is 1. The summed E-state index contributed by atoms with van der Waals surface area (Å²) in [5.74, 6) is 3.89. The number of fused-ring (bicyclic) bond motifs is 1. The molecule has 4 heteroatoms. The highest BCUT2D eigenvalue weighted by Gasteiger charge is 2.63. The summed E-state index contributed by atoms with van der Waals surface area (Å²) in [6.07, 6.45) is 16.0. The lowest BCUT2D eigenvalue weighted by molar-refractivity contribution is -0.306. The van der Waals surface area contributed by atoms with Crippen LogP contribution in [-0.4, -0.2) is 30.0 Å². The normalized spacial score (nSPS) is 55.4. The highest BCUT2D eigenvalue weighted by atomic mass is 16.5. The number of nitrogens with one attached hydrogen (secondary N) is 1. The molecule has 0 spiro atoms. The predicted molar refractivity (Wildman–Crippen MR) is 109 cm³/mol. The van der Waals surface area contributed by atoms with E-state index in [0.717, 1.165) is 43.1 Å². The summed E-state index contributed by atoms with van der Waals surface area (Å²) in [6.45, 7) is 3.52. The zero-order valence-electron chi connectivity index (χ0n) is 17.3. The molecule has 6 aliphatic rings. The third kappa shape index (κ3) is 3.29. The van der Waals surface area contributed by atoms with Gasteiger partial charge in [-0.2, -0.15) is 0 Å². The summed E-state index contributed by atoms with van der Waals surface area (Å²) in [5, 5.41) is 3.50. The van der Waals surface area contributed by atoms with Crippen LogP contribution in [0.2, 0.25) is 0 Å². The number of hydrogen-bond donors (Lipinski definition) is 3. The Labute approximate surface area is 165 Å². The smallest absolute Gasteiger partial charge is 0.0735 e. The SMILES string of the molecule is CC12CCCC3CC(C4CCCC(CC5CCC(N)NC5)C4)(CC(N)C31)O2. The van der Waals surface area contributed by atoms with Crippen LogP contribution in [0.25, 0.3) is 0 Å². The Hall–Kier alpha value is -0.160. The van der Waals surface area contributed by atoms with Crippen LogP contribution in [0.15, 0.2) is 0 Å². The second-order valence-corrected chi connectivity index (χ2v) is 11.2. The Balaban J connectivity index is 1.29. The van der Waals surface area contributed by atoms with Gasteiger partial charge >= 0.3 is 0 Å². The molecule has 3 saturated heterocycles. The van der Waals surface area contributed by atoms with Crippen molar-refractivity contribution in [2.75, 3.05) is 6.54 Å². The molecule has 9 atom stereocenters. The Morgan fingerprint density at radius 1 is 1.00 bits per heavy atom. The second-order valence-electron chi connectivity index (χ2n) is 11.2. The maximum absolute atomic E-state index is 7.08. The van der Waals surface area contributed by atoms with Gasteiger partial charge in [-0.15, -0.1) is 0 Å². The summed E-state index contributed by atoms with van der Waals surface area (Å²) in [4.78, 5) is 0. The largest absolute Gasteiger partial charge is 0.368 e. The standard InChI is InChI=1S/C23H41N3O/c1-22-9-3-5-17-12-23(27-22,13-19(24)21(17)22)18-6-2-4-15(11-18)10-16-7-8-20(25)26-14-16/h15-21,26H,2-14,24-25H2,1H3. The molecule has 3 heterocycles. The average Bonchev–Trinajstić information content (AvgIpc) is 2.63. The fourth-order valence-electron chi connectivity index (χ4n) is 8.32. The van der Waals surface area contributed by atoms with Crippen molar-refractivity contribution in [2.24, 2.45) is 41.1 Å². The van der Waals surface area contributed by atoms with Crippen molar-refractivity contribution >= 4 is 0 Å². The number of hydrogen-bond acceptors (Lipinski definition) is 4. The molecule has 3 aliphatic heterocycles. The van der Waals surface area contributed by atoms with Gasteiger partial charge in [0.15, 0.2) is 0 Å². The molecule has 3 aliphatic carbocycles. The molecule has 0 amide bonds. The molecule has 0 radical (unpaired) electrons. The molecule has 9 unspecified atom stereocenters. The lowest BCUT2D eigenvalue weighted by Crippen LogP contribution is -2.71. The van der Waals surface area contributed by atoms with E-state index in [-0.39, 0.29) is 17.4 Å². The fraction of sp³-hybridized carbons (Fsp3) is 1.00. The predicted octanol–water partition coefficient (Wildman–Crippen LogP) is 3.53. The van der Waals surface area contributed by atoms with Gasteiger partial charge in [0, 0.05) is 12.0 Å². The van der Waals surface area contributed by atoms with Crippen LogP contribution in [0, 0.1) is 29.6 Å². The van der Waals surface area contributed by atoms with E-state index in [9.17, 15) is 0 Å². The summed E-state index contributed by atoms with van der Waals surface area (Å²) in [5.41, 5.74) is 13.0. The van der Waals surface area contributed by atoms with E-state index in [1.807, 2.05) is 0 Å². The van der Waals surface area contributed by atoms with Crippen molar-refractivity contribution in [2.45, 2.75) is 107 Å². The first-order chi connectivity index (χ1) is 13.0. The monoisotopic (exact) mass is 375 g/mol. The second kappa shape index (κ2) is 6.97. The van der Waals surface area contributed by atoms with Gasteiger partial charge in [-0.3, -0.25) is 0 Å². The molecule has 5 N–H and O–H groups in total. The highest BCUT2D eigenvalue weighted by molar-refractivity contribution is 5.14. The van der Waals surface area contributed by atoms with Crippen molar-refractivity contribution in [3.8, 4) is 0 Å². The average molecular weight is 376 g/mol. The van der Waals surface area contributed by atoms with Gasteiger partial charge in [0.25, 0.3) is 0 Å². The van der Waals surface area contributed by atoms with E-state index in [1.165, 1.54) is 64.2 Å². The third-order valence-corrected chi connectivity index (χ3v) is 9.30. The molecule has 0 aromatic rings. The van der Waals surface area contributed by atoms with E-state index in [1.54, 1.807) is 0 Å². The maximum atomic E-state index is 7.08. The lowest BCUT2D eigenvalue weighted by atomic mass is 9.51. The Morgan fingerprint density at radius 3 is 2.67 bits per heavy atom. The van der Waals surface area contributed by atoms with Crippen LogP contribution in [0.1, 0.15) is 84.0 Å². The fourth-order valence-corrected chi connectivity index (χ4v) is 8.32. The maximum Gasteiger partial charge on any atom is 0.0735 e. The minimum atomic E-state index is 0.0647. The Bertz CT molecular complexity index is 548. The van der Waals surface area contributed by atoms with Crippen molar-refractivity contribution in [1.29, 1.82) is 0 Å². The van der Waals surface area contributed by atoms with E-state index < -0.39 is 0 Å². The van der Waals surface area contributed by atoms with Gasteiger partial charge in [0.1, 0.15) is 0 Å². The first kappa shape index (κ1) is 18.8. The summed E-state index contributed by atoms with van der Waals surface area (Å²) in [6, 6.07) is 0.368. The van der Waals surface area contributed by atoms with Crippen molar-refractivity contribution in [3.05, 3.63) is 0 Å². The highest BCUT2D eigenvalue weighted by Crippen LogP contribution is 2.61. The first-order valence-electron chi connectivity index (χ1n) is 11.9. The minimum Gasteiger partial charge on any atom is -0.368 e. The van der Waals surface area contributed by atoms with E-state index in [2.05, 4.69) is 12.2 Å². The zero-order valence-corrected chi connectivity index (χ0v) is 17.3. The Morgan fingerprint density at radius 2 is 1.89 bits per heavy atom. The molecule has 6 fully saturated rings. The molecule has 3 saturated carbocycles. The molecule has 27 heavy (non-hydrogen) atoms. The van der Waals surface area contributed by atoms with E-state index >= 15 is 0 Å². The number of nitrogens with two attached hydrogens (primary N) is 2. The van der Waals surface area contributed by atoms with Gasteiger partial charge < -0.3 is 21.5 Å². The van der Waals surface area contributed by atoms with Gasteiger partial charge in [-0.1, -0.05) is 19.3 Å². The molecular weight excluding hydrogens is 334 g/mol. The van der Waals surface area contributed by atoms with Crippen molar-refractivity contribution in [1.82, 2.24) is 5.32 Å². The summed E-state index contributed by atoms with van der Waals surface area (Å²) in [7, 11) is 0. The topological polar surface area (TPSA) is 73.3 Å². The number of piperidine rings is 1. The van der Waals surface area contributed by atoms with E-state index in [0.29, 0.717) is 12.0 Å². The van der Waals surface area contributed by atoms with Crippen LogP contribution in [0.5, 0.6) is 0 Å². The van der Waals surface area contributed by atoms with Crippen molar-refractivity contribution < 1.29 is 4.74 Å². The quantitative estimate of drug-likeness (QED) is 0.705. The van der Waals surface area contributed by atoms with Gasteiger partial charge in [-0.25, -0.2) is 0 Å². The van der Waals surface area contributed by atoms with Crippen LogP contribution >= 0.6 is 0 Å². The van der Waals surface area contributed by atoms with Crippen LogP contribution in [-0.2, 0) is 4.74 Å². The van der Waals surface area contributed by atoms with Gasteiger partial charge in [0.2, 0.25) is 0 Å². The van der Waals surface area contributed by atoms with Crippen LogP contribution in [0.3, 0.4) is 0 Å². The lowest BCUT2D eigenvalue weighted by Gasteiger charge is -2.66. The first-order valence-corrected chi connectivity index (χ1v) is 11.9. The molecule has 6 rings (SSSR count). The molecule has 154 valence electrons. The summed E-state index contributed by atoms with van der Waals surface area (Å²) >= 11 is 0. The molecule has 0 aromatic heterocycles. The molecular formula is C23H41N3O. The molecule has 4 nitrogen and oxygen atoms in total. The Kier molecular flexibility index (Phi) is 4.86. The van der Waals surface area contributed by atoms with Crippen LogP contribution < -0.4 is 16.8 Å². The molecule has 4 bridgehead atoms. The van der Waals surface area contributed by atoms with Gasteiger partial charge in [0.05, 0.1) is 17.4 Å². The summed E-state index contributed by atoms with van der Waals surface area (Å²) < 4.78 is 7.08. The van der Waals surface area contributed by atoms with E-state index in [4.69, 9.17) is 16.2 Å². The minimum absolute atomic E-state index is 0.0647. The van der Waals surface area contributed by atoms with Crippen LogP contribution in [0.4, 0.5) is 0 Å². The van der Waals surface area contributed by atoms with Gasteiger partial charge in [-0.05, 0) is 94.9 Å². The molecule has 0 aromatic carbocycles. The number of rotatable bonds is 3.